The molecule has 154 valence electrons. The topological polar surface area (TPSA) is 46.2 Å². The summed E-state index contributed by atoms with van der Waals surface area (Å²) in [4.78, 5) is 0. The second-order valence-electron chi connectivity index (χ2n) is 8.24. The maximum absolute atomic E-state index is 6.26. The monoisotopic (exact) mass is 476 g/mol. The van der Waals surface area contributed by atoms with Gasteiger partial charge in [0.1, 0.15) is 0 Å². The molecule has 0 unspecified atom stereocenters. The molecule has 0 aliphatic heterocycles. The lowest BCUT2D eigenvalue weighted by molar-refractivity contribution is 0.233. The van der Waals surface area contributed by atoms with Crippen LogP contribution < -0.4 is 0 Å². The van der Waals surface area contributed by atoms with E-state index in [4.69, 9.17) is 20.6 Å². The van der Waals surface area contributed by atoms with Crippen molar-refractivity contribution in [2.24, 2.45) is 0 Å². The van der Waals surface area contributed by atoms with Gasteiger partial charge < -0.3 is 20.6 Å². The molecule has 0 fully saturated rings. The lowest BCUT2D eigenvalue weighted by Gasteiger charge is -2.33. The van der Waals surface area contributed by atoms with E-state index in [1.54, 1.807) is 0 Å². The van der Waals surface area contributed by atoms with Crippen molar-refractivity contribution >= 4 is 52.3 Å². The zero-order valence-corrected chi connectivity index (χ0v) is 24.2. The van der Waals surface area contributed by atoms with Crippen molar-refractivity contribution in [2.75, 3.05) is 0 Å². The highest BCUT2D eigenvalue weighted by Crippen LogP contribution is 2.19. The number of hydrogen-bond acceptors (Lipinski definition) is 5. The van der Waals surface area contributed by atoms with Crippen molar-refractivity contribution in [3.8, 4) is 0 Å². The highest BCUT2D eigenvalue weighted by atomic mass is 28.5. The summed E-state index contributed by atoms with van der Waals surface area (Å²) < 4.78 is 31.3. The fourth-order valence-electron chi connectivity index (χ4n) is 1.22. The van der Waals surface area contributed by atoms with E-state index in [1.165, 1.54) is 0 Å². The first-order chi connectivity index (χ1) is 12.1. The molecule has 2 radical (unpaired) electrons. The van der Waals surface area contributed by atoms with E-state index in [1.807, 2.05) is 22.8 Å². The zero-order valence-electron chi connectivity index (χ0n) is 18.2. The second kappa shape index (κ2) is 10.7. The summed E-state index contributed by atoms with van der Waals surface area (Å²) in [5.41, 5.74) is 7.47. The molecular weight excluding hydrogens is 441 g/mol. The summed E-state index contributed by atoms with van der Waals surface area (Å²) in [6.45, 7) is 32.0. The third-order valence-corrected chi connectivity index (χ3v) is 19.9. The van der Waals surface area contributed by atoms with Crippen LogP contribution >= 0.6 is 0 Å². The summed E-state index contributed by atoms with van der Waals surface area (Å²) in [6.07, 6.45) is 0. The largest absolute Gasteiger partial charge is 0.547 e. The SMILES string of the molecule is C=C[Si](C)(C)O[Si](O[Si](O[Si](C)(C)C=C)O[Si](C)(C)C=C)O[Si](C)(C)C=C. The van der Waals surface area contributed by atoms with Gasteiger partial charge in [0.2, 0.25) is 33.3 Å². The maximum atomic E-state index is 6.26. The van der Waals surface area contributed by atoms with Crippen LogP contribution in [0, 0.1) is 0 Å². The van der Waals surface area contributed by atoms with Crippen LogP contribution in [-0.4, -0.2) is 52.3 Å². The smallest absolute Gasteiger partial charge is 0.410 e. The van der Waals surface area contributed by atoms with Crippen LogP contribution in [0.25, 0.3) is 0 Å². The quantitative estimate of drug-likeness (QED) is 0.338. The Bertz CT molecular complexity index is 445. The van der Waals surface area contributed by atoms with Crippen LogP contribution in [0.1, 0.15) is 0 Å². The third-order valence-electron chi connectivity index (χ3n) is 3.52. The normalized spacial score (nSPS) is 13.7. The van der Waals surface area contributed by atoms with Gasteiger partial charge in [-0.25, -0.2) is 0 Å². The minimum absolute atomic E-state index is 1.87. The minimum Gasteiger partial charge on any atom is -0.410 e. The van der Waals surface area contributed by atoms with Crippen LogP contribution in [0.3, 0.4) is 0 Å². The Kier molecular flexibility index (Phi) is 10.8. The van der Waals surface area contributed by atoms with Crippen molar-refractivity contribution in [2.45, 2.75) is 52.4 Å². The van der Waals surface area contributed by atoms with E-state index in [2.05, 4.69) is 78.7 Å². The van der Waals surface area contributed by atoms with Gasteiger partial charge in [-0.05, 0) is 52.4 Å². The zero-order chi connectivity index (χ0) is 21.5. The maximum Gasteiger partial charge on any atom is 0.547 e. The lowest BCUT2D eigenvalue weighted by Crippen LogP contribution is -2.53. The van der Waals surface area contributed by atoms with E-state index in [-0.39, 0.29) is 0 Å². The van der Waals surface area contributed by atoms with Crippen LogP contribution in [0.15, 0.2) is 49.1 Å². The Morgan fingerprint density at radius 3 is 0.815 bits per heavy atom. The molecule has 0 aromatic heterocycles. The lowest BCUT2D eigenvalue weighted by atomic mass is 11.3. The minimum atomic E-state index is -2.12. The van der Waals surface area contributed by atoms with E-state index >= 15 is 0 Å². The molecule has 0 bridgehead atoms. The molecule has 0 aromatic carbocycles. The first-order valence-corrected chi connectivity index (χ1v) is 23.2. The molecule has 11 heteroatoms. The van der Waals surface area contributed by atoms with Gasteiger partial charge in [0.05, 0.1) is 0 Å². The summed E-state index contributed by atoms with van der Waals surface area (Å²) >= 11 is 0. The molecule has 0 aromatic rings. The van der Waals surface area contributed by atoms with Gasteiger partial charge in [-0.2, -0.15) is 0 Å². The molecule has 0 amide bonds. The molecule has 0 saturated heterocycles. The fourth-order valence-corrected chi connectivity index (χ4v) is 13.2. The molecular formula is C16H36O5Si6. The van der Waals surface area contributed by atoms with E-state index in [0.717, 1.165) is 0 Å². The van der Waals surface area contributed by atoms with Crippen molar-refractivity contribution in [3.05, 3.63) is 49.1 Å². The Hall–Kier alpha value is 0.0613. The van der Waals surface area contributed by atoms with E-state index in [0.29, 0.717) is 0 Å². The number of rotatable bonds is 14. The van der Waals surface area contributed by atoms with Crippen molar-refractivity contribution in [3.63, 3.8) is 0 Å². The van der Waals surface area contributed by atoms with Crippen LogP contribution in [-0.2, 0) is 20.6 Å². The van der Waals surface area contributed by atoms with Gasteiger partial charge >= 0.3 is 19.1 Å². The first kappa shape index (κ1) is 27.1. The Labute approximate surface area is 174 Å². The second-order valence-corrected chi connectivity index (χ2v) is 27.8. The van der Waals surface area contributed by atoms with Gasteiger partial charge in [-0.15, -0.1) is 26.3 Å². The van der Waals surface area contributed by atoms with E-state index < -0.39 is 52.3 Å². The van der Waals surface area contributed by atoms with Crippen LogP contribution in [0.2, 0.25) is 52.4 Å². The Balaban J connectivity index is 5.64. The molecule has 0 spiro atoms. The molecule has 0 saturated carbocycles. The average molecular weight is 477 g/mol. The van der Waals surface area contributed by atoms with Gasteiger partial charge in [-0.1, -0.05) is 22.8 Å². The van der Waals surface area contributed by atoms with Crippen molar-refractivity contribution < 1.29 is 20.6 Å². The molecule has 0 N–H and O–H groups in total. The van der Waals surface area contributed by atoms with Crippen molar-refractivity contribution in [1.82, 2.24) is 0 Å². The summed E-state index contributed by atoms with van der Waals surface area (Å²) in [5.74, 6) is 0. The average Bonchev–Trinajstić information content (AvgIpc) is 2.53. The molecule has 27 heavy (non-hydrogen) atoms. The molecule has 0 heterocycles. The van der Waals surface area contributed by atoms with E-state index in [9.17, 15) is 0 Å². The van der Waals surface area contributed by atoms with Crippen LogP contribution in [0.5, 0.6) is 0 Å². The highest BCUT2D eigenvalue weighted by Gasteiger charge is 2.42. The summed E-state index contributed by atoms with van der Waals surface area (Å²) in [6, 6.07) is 0. The molecule has 0 aliphatic carbocycles. The highest BCUT2D eigenvalue weighted by molar-refractivity contribution is 6.88. The molecule has 5 nitrogen and oxygen atoms in total. The Morgan fingerprint density at radius 2 is 0.667 bits per heavy atom. The number of hydrogen-bond donors (Lipinski definition) is 0. The molecule has 0 aliphatic rings. The van der Waals surface area contributed by atoms with Gasteiger partial charge in [0, 0.05) is 0 Å². The van der Waals surface area contributed by atoms with Gasteiger partial charge in [0.15, 0.2) is 0 Å². The first-order valence-electron chi connectivity index (χ1n) is 8.83. The van der Waals surface area contributed by atoms with Gasteiger partial charge in [-0.3, -0.25) is 0 Å². The van der Waals surface area contributed by atoms with Crippen LogP contribution in [0.4, 0.5) is 0 Å². The summed E-state index contributed by atoms with van der Waals surface area (Å²) in [5, 5.41) is 0. The van der Waals surface area contributed by atoms with Crippen molar-refractivity contribution in [1.29, 1.82) is 0 Å². The molecule has 0 atom stereocenters. The fraction of sp³-hybridized carbons (Fsp3) is 0.500. The molecule has 0 rings (SSSR count). The van der Waals surface area contributed by atoms with Gasteiger partial charge in [0.25, 0.3) is 0 Å². The standard InChI is InChI=1S/C16H36O5Si6/c1-13-24(5,6)18-22(19-25(7,8)14-2)17-23(20-26(9,10)15-3)21-27(11,12)16-4/h13-16H,1-4H2,5-12H3. The summed E-state index contributed by atoms with van der Waals surface area (Å²) in [7, 11) is -12.7. The predicted octanol–water partition coefficient (Wildman–Crippen LogP) is 4.76. The third kappa shape index (κ3) is 11.6. The predicted molar refractivity (Wildman–Crippen MR) is 128 cm³/mol. The Morgan fingerprint density at radius 1 is 0.481 bits per heavy atom.